The van der Waals surface area contributed by atoms with Crippen molar-refractivity contribution in [3.63, 3.8) is 0 Å². The lowest BCUT2D eigenvalue weighted by molar-refractivity contribution is 0.274. The summed E-state index contributed by atoms with van der Waals surface area (Å²) in [6.07, 6.45) is 11.6. The highest BCUT2D eigenvalue weighted by Crippen LogP contribution is 2.53. The quantitative estimate of drug-likeness (QED) is 0.792. The van der Waals surface area contributed by atoms with Crippen molar-refractivity contribution >= 4 is 13.3 Å². The molecule has 0 N–H and O–H groups in total. The van der Waals surface area contributed by atoms with Gasteiger partial charge in [-0.15, -0.1) is 0 Å². The number of hydrogen-bond donors (Lipinski definition) is 0. The smallest absolute Gasteiger partial charge is 0.125 e. The molecule has 126 valence electrons. The van der Waals surface area contributed by atoms with E-state index in [-0.39, 0.29) is 0 Å². The molecule has 0 aliphatic heterocycles. The molecule has 0 saturated heterocycles. The molecule has 5 rings (SSSR count). The van der Waals surface area contributed by atoms with Crippen molar-refractivity contribution in [2.75, 3.05) is 0 Å². The van der Waals surface area contributed by atoms with Crippen molar-refractivity contribution < 1.29 is 0 Å². The molecule has 1 unspecified atom stereocenters. The highest BCUT2D eigenvalue weighted by Gasteiger charge is 2.44. The molecule has 3 aliphatic rings. The third-order valence-electron chi connectivity index (χ3n) is 5.93. The summed E-state index contributed by atoms with van der Waals surface area (Å²) in [5.74, 6) is 3.73. The number of nitrogens with zero attached hydrogens (tertiary/aromatic N) is 3. The SMILES string of the molecule is Cc1ncc(-c2cc(CC3CC4CC3C4)c([Si](C)(C)C)cn2)cn1. The Bertz CT molecular complexity index is 742. The Morgan fingerprint density at radius 1 is 1.00 bits per heavy atom. The molecule has 2 bridgehead atoms. The molecule has 0 spiro atoms. The molecule has 3 nitrogen and oxygen atoms in total. The van der Waals surface area contributed by atoms with Gasteiger partial charge in [-0.2, -0.15) is 0 Å². The Kier molecular flexibility index (Phi) is 3.83. The molecule has 2 aromatic rings. The molecule has 3 saturated carbocycles. The van der Waals surface area contributed by atoms with Gasteiger partial charge in [0.2, 0.25) is 0 Å². The molecule has 3 aliphatic carbocycles. The monoisotopic (exact) mass is 337 g/mol. The highest BCUT2D eigenvalue weighted by molar-refractivity contribution is 6.89. The van der Waals surface area contributed by atoms with Crippen LogP contribution in [0.1, 0.15) is 30.7 Å². The molecule has 24 heavy (non-hydrogen) atoms. The maximum atomic E-state index is 4.76. The first-order chi connectivity index (χ1) is 11.4. The van der Waals surface area contributed by atoms with Crippen molar-refractivity contribution in [1.82, 2.24) is 15.0 Å². The zero-order chi connectivity index (χ0) is 16.9. The Morgan fingerprint density at radius 2 is 1.71 bits per heavy atom. The summed E-state index contributed by atoms with van der Waals surface area (Å²) in [6, 6.07) is 2.33. The normalized spacial score (nSPS) is 25.6. The minimum atomic E-state index is -1.38. The van der Waals surface area contributed by atoms with Crippen molar-refractivity contribution in [3.8, 4) is 11.3 Å². The van der Waals surface area contributed by atoms with E-state index in [0.717, 1.165) is 34.8 Å². The van der Waals surface area contributed by atoms with Gasteiger partial charge in [-0.3, -0.25) is 4.98 Å². The summed E-state index contributed by atoms with van der Waals surface area (Å²) in [6.45, 7) is 9.20. The number of fused-ring (bicyclic) bond motifs is 1. The summed E-state index contributed by atoms with van der Waals surface area (Å²) < 4.78 is 0. The van der Waals surface area contributed by atoms with Crippen LogP contribution in [0.15, 0.2) is 24.7 Å². The third kappa shape index (κ3) is 2.92. The fourth-order valence-electron chi connectivity index (χ4n) is 4.54. The van der Waals surface area contributed by atoms with Gasteiger partial charge in [0.15, 0.2) is 0 Å². The summed E-state index contributed by atoms with van der Waals surface area (Å²) in [7, 11) is -1.38. The second-order valence-electron chi connectivity index (χ2n) is 8.79. The largest absolute Gasteiger partial charge is 0.256 e. The van der Waals surface area contributed by atoms with Gasteiger partial charge < -0.3 is 0 Å². The number of rotatable bonds is 4. The van der Waals surface area contributed by atoms with E-state index in [1.807, 2.05) is 19.3 Å². The highest BCUT2D eigenvalue weighted by atomic mass is 28.3. The molecule has 0 radical (unpaired) electrons. The summed E-state index contributed by atoms with van der Waals surface area (Å²) in [5.41, 5.74) is 3.59. The lowest BCUT2D eigenvalue weighted by Gasteiger charge is -2.26. The minimum Gasteiger partial charge on any atom is -0.256 e. The first-order valence-electron chi connectivity index (χ1n) is 9.18. The van der Waals surface area contributed by atoms with E-state index in [1.54, 1.807) is 0 Å². The summed E-state index contributed by atoms with van der Waals surface area (Å²) in [4.78, 5) is 13.4. The zero-order valence-electron chi connectivity index (χ0n) is 15.2. The first kappa shape index (κ1) is 15.9. The van der Waals surface area contributed by atoms with Crippen LogP contribution in [0.25, 0.3) is 11.3 Å². The van der Waals surface area contributed by atoms with Crippen LogP contribution in [0.3, 0.4) is 0 Å². The predicted octanol–water partition coefficient (Wildman–Crippen LogP) is 3.98. The number of aromatic nitrogens is 3. The summed E-state index contributed by atoms with van der Waals surface area (Å²) >= 11 is 0. The molecule has 3 fully saturated rings. The maximum absolute atomic E-state index is 4.76. The van der Waals surface area contributed by atoms with Gasteiger partial charge in [-0.25, -0.2) is 9.97 Å². The Labute approximate surface area is 146 Å². The molecule has 2 heterocycles. The molecule has 2 aromatic heterocycles. The van der Waals surface area contributed by atoms with Gasteiger partial charge in [0.05, 0.1) is 13.8 Å². The van der Waals surface area contributed by atoms with Crippen LogP contribution >= 0.6 is 0 Å². The Balaban J connectivity index is 1.69. The van der Waals surface area contributed by atoms with E-state index >= 15 is 0 Å². The Morgan fingerprint density at radius 3 is 2.29 bits per heavy atom. The average Bonchev–Trinajstić information content (AvgIpc) is 3.05. The standard InChI is InChI=1S/C20H27N3Si/c1-13-21-10-18(11-22-13)19-9-17(20(12-23-19)24(2,3)4)8-16-7-14-5-15(16)6-14/h9-12,14-16H,5-8H2,1-4H3. The molecular formula is C20H27N3Si. The van der Waals surface area contributed by atoms with E-state index in [9.17, 15) is 0 Å². The molecule has 0 amide bonds. The van der Waals surface area contributed by atoms with Gasteiger partial charge in [-0.1, -0.05) is 19.6 Å². The van der Waals surface area contributed by atoms with Crippen molar-refractivity contribution in [1.29, 1.82) is 0 Å². The first-order valence-corrected chi connectivity index (χ1v) is 12.7. The van der Waals surface area contributed by atoms with Crippen LogP contribution in [0, 0.1) is 24.7 Å². The van der Waals surface area contributed by atoms with E-state index in [1.165, 1.54) is 36.4 Å². The van der Waals surface area contributed by atoms with Gasteiger partial charge in [0, 0.05) is 24.2 Å². The molecule has 1 atom stereocenters. The number of hydrogen-bond acceptors (Lipinski definition) is 3. The van der Waals surface area contributed by atoms with E-state index in [4.69, 9.17) is 4.98 Å². The molecule has 0 aromatic carbocycles. The topological polar surface area (TPSA) is 38.7 Å². The van der Waals surface area contributed by atoms with E-state index < -0.39 is 8.07 Å². The van der Waals surface area contributed by atoms with Crippen molar-refractivity contribution in [3.05, 3.63) is 36.0 Å². The Hall–Kier alpha value is -1.55. The fourth-order valence-corrected chi connectivity index (χ4v) is 6.13. The minimum absolute atomic E-state index is 0.809. The predicted molar refractivity (Wildman–Crippen MR) is 101 cm³/mol. The second kappa shape index (κ2) is 5.76. The number of aryl methyl sites for hydroxylation is 1. The lowest BCUT2D eigenvalue weighted by atomic mass is 9.81. The second-order valence-corrected chi connectivity index (χ2v) is 13.8. The number of pyridine rings is 1. The zero-order valence-corrected chi connectivity index (χ0v) is 16.2. The van der Waals surface area contributed by atoms with Gasteiger partial charge in [0.25, 0.3) is 0 Å². The van der Waals surface area contributed by atoms with Crippen LogP contribution in [-0.2, 0) is 6.42 Å². The van der Waals surface area contributed by atoms with Gasteiger partial charge in [-0.05, 0) is 67.2 Å². The van der Waals surface area contributed by atoms with Crippen LogP contribution in [-0.4, -0.2) is 23.0 Å². The van der Waals surface area contributed by atoms with Crippen molar-refractivity contribution in [2.45, 2.75) is 52.2 Å². The lowest BCUT2D eigenvalue weighted by Crippen LogP contribution is -2.41. The van der Waals surface area contributed by atoms with Crippen LogP contribution in [0.5, 0.6) is 0 Å². The van der Waals surface area contributed by atoms with Gasteiger partial charge in [0.1, 0.15) is 5.82 Å². The van der Waals surface area contributed by atoms with E-state index in [2.05, 4.69) is 41.9 Å². The van der Waals surface area contributed by atoms with Crippen LogP contribution in [0.2, 0.25) is 19.6 Å². The van der Waals surface area contributed by atoms with Crippen LogP contribution in [0.4, 0.5) is 0 Å². The van der Waals surface area contributed by atoms with Gasteiger partial charge >= 0.3 is 0 Å². The van der Waals surface area contributed by atoms with Crippen LogP contribution < -0.4 is 5.19 Å². The molecule has 4 heteroatoms. The van der Waals surface area contributed by atoms with Crippen molar-refractivity contribution in [2.24, 2.45) is 17.8 Å². The maximum Gasteiger partial charge on any atom is 0.125 e. The average molecular weight is 338 g/mol. The fraction of sp³-hybridized carbons (Fsp3) is 0.550. The third-order valence-corrected chi connectivity index (χ3v) is 8.00. The molecular weight excluding hydrogens is 310 g/mol. The van der Waals surface area contributed by atoms with E-state index in [0.29, 0.717) is 0 Å². The summed E-state index contributed by atoms with van der Waals surface area (Å²) in [5, 5.41) is 1.53.